The first kappa shape index (κ1) is 18.3. The largest absolute Gasteiger partial charge is 0.396 e. The molecule has 2 N–H and O–H groups in total. The van der Waals surface area contributed by atoms with Crippen LogP contribution in [0.3, 0.4) is 0 Å². The van der Waals surface area contributed by atoms with E-state index in [0.29, 0.717) is 52.7 Å². The standard InChI is InChI=1S/C12H25NO6/c1-13-12(15)11-19-10-9-18-8-7-17-6-5-16-4-2-3-14/h14H,2-11H2,1H3,(H,13,15). The molecule has 0 atom stereocenters. The maximum Gasteiger partial charge on any atom is 0.245 e. The van der Waals surface area contributed by atoms with E-state index in [1.807, 2.05) is 0 Å². The molecular weight excluding hydrogens is 254 g/mol. The minimum atomic E-state index is -0.149. The third-order valence-corrected chi connectivity index (χ3v) is 2.07. The zero-order valence-corrected chi connectivity index (χ0v) is 11.6. The van der Waals surface area contributed by atoms with E-state index in [9.17, 15) is 4.79 Å². The van der Waals surface area contributed by atoms with E-state index in [4.69, 9.17) is 24.1 Å². The van der Waals surface area contributed by atoms with Crippen LogP contribution >= 0.6 is 0 Å². The number of hydrogen-bond donors (Lipinski definition) is 2. The zero-order valence-electron chi connectivity index (χ0n) is 11.6. The number of aliphatic hydroxyl groups is 1. The van der Waals surface area contributed by atoms with Crippen molar-refractivity contribution in [3.63, 3.8) is 0 Å². The number of nitrogens with one attached hydrogen (secondary N) is 1. The van der Waals surface area contributed by atoms with Gasteiger partial charge in [0, 0.05) is 20.3 Å². The second kappa shape index (κ2) is 15.3. The number of ether oxygens (including phenoxy) is 4. The summed E-state index contributed by atoms with van der Waals surface area (Å²) in [6.07, 6.45) is 0.652. The molecular formula is C12H25NO6. The second-order valence-electron chi connectivity index (χ2n) is 3.64. The fraction of sp³-hybridized carbons (Fsp3) is 0.917. The van der Waals surface area contributed by atoms with Crippen molar-refractivity contribution >= 4 is 5.91 Å². The van der Waals surface area contributed by atoms with E-state index in [2.05, 4.69) is 5.32 Å². The van der Waals surface area contributed by atoms with Crippen molar-refractivity contribution in [3.05, 3.63) is 0 Å². The highest BCUT2D eigenvalue weighted by molar-refractivity contribution is 5.76. The summed E-state index contributed by atoms with van der Waals surface area (Å²) in [6.45, 7) is 3.61. The lowest BCUT2D eigenvalue weighted by atomic mass is 10.5. The zero-order chi connectivity index (χ0) is 14.2. The summed E-state index contributed by atoms with van der Waals surface area (Å²) < 4.78 is 20.7. The lowest BCUT2D eigenvalue weighted by molar-refractivity contribution is -0.125. The van der Waals surface area contributed by atoms with Crippen LogP contribution in [-0.2, 0) is 23.7 Å². The van der Waals surface area contributed by atoms with Crippen LogP contribution in [0.2, 0.25) is 0 Å². The maximum atomic E-state index is 10.8. The van der Waals surface area contributed by atoms with Crippen LogP contribution in [0.4, 0.5) is 0 Å². The van der Waals surface area contributed by atoms with Crippen LogP contribution < -0.4 is 5.32 Å². The van der Waals surface area contributed by atoms with Gasteiger partial charge in [-0.1, -0.05) is 0 Å². The summed E-state index contributed by atoms with van der Waals surface area (Å²) in [7, 11) is 1.56. The van der Waals surface area contributed by atoms with Crippen LogP contribution in [0.15, 0.2) is 0 Å². The average molecular weight is 279 g/mol. The fourth-order valence-electron chi connectivity index (χ4n) is 1.06. The number of likely N-dealkylation sites (N-methyl/N-ethyl adjacent to an activating group) is 1. The Kier molecular flexibility index (Phi) is 14.7. The molecule has 0 aromatic heterocycles. The van der Waals surface area contributed by atoms with E-state index in [-0.39, 0.29) is 19.1 Å². The van der Waals surface area contributed by atoms with E-state index < -0.39 is 0 Å². The molecule has 7 nitrogen and oxygen atoms in total. The Labute approximate surface area is 114 Å². The Bertz CT molecular complexity index is 203. The normalized spacial score (nSPS) is 10.6. The van der Waals surface area contributed by atoms with E-state index in [1.54, 1.807) is 7.05 Å². The molecule has 114 valence electrons. The van der Waals surface area contributed by atoms with Crippen LogP contribution in [0.25, 0.3) is 0 Å². The molecule has 0 aliphatic heterocycles. The second-order valence-corrected chi connectivity index (χ2v) is 3.64. The molecule has 0 aliphatic carbocycles. The van der Waals surface area contributed by atoms with Gasteiger partial charge in [-0.15, -0.1) is 0 Å². The molecule has 0 spiro atoms. The van der Waals surface area contributed by atoms with Crippen LogP contribution in [0.1, 0.15) is 6.42 Å². The van der Waals surface area contributed by atoms with Gasteiger partial charge in [-0.05, 0) is 6.42 Å². The van der Waals surface area contributed by atoms with Gasteiger partial charge in [-0.3, -0.25) is 4.79 Å². The van der Waals surface area contributed by atoms with Crippen molar-refractivity contribution in [3.8, 4) is 0 Å². The van der Waals surface area contributed by atoms with E-state index in [1.165, 1.54) is 0 Å². The van der Waals surface area contributed by atoms with Crippen molar-refractivity contribution in [2.24, 2.45) is 0 Å². The molecule has 0 aromatic carbocycles. The maximum absolute atomic E-state index is 10.8. The van der Waals surface area contributed by atoms with Crippen molar-refractivity contribution in [2.75, 3.05) is 66.5 Å². The summed E-state index contributed by atoms with van der Waals surface area (Å²) in [6, 6.07) is 0. The molecule has 7 heteroatoms. The van der Waals surface area contributed by atoms with Gasteiger partial charge in [0.1, 0.15) is 6.61 Å². The smallest absolute Gasteiger partial charge is 0.245 e. The quantitative estimate of drug-likeness (QED) is 0.404. The molecule has 0 aromatic rings. The fourth-order valence-corrected chi connectivity index (χ4v) is 1.06. The van der Waals surface area contributed by atoms with Gasteiger partial charge in [0.2, 0.25) is 5.91 Å². The minimum absolute atomic E-state index is 0.0571. The van der Waals surface area contributed by atoms with Crippen LogP contribution in [-0.4, -0.2) is 77.5 Å². The number of amides is 1. The first-order chi connectivity index (χ1) is 9.31. The lowest BCUT2D eigenvalue weighted by Crippen LogP contribution is -2.24. The first-order valence-corrected chi connectivity index (χ1v) is 6.43. The van der Waals surface area contributed by atoms with Crippen molar-refractivity contribution in [1.29, 1.82) is 0 Å². The molecule has 1 amide bonds. The summed E-state index contributed by atoms with van der Waals surface area (Å²) in [5, 5.41) is 11.0. The van der Waals surface area contributed by atoms with Gasteiger partial charge in [-0.25, -0.2) is 0 Å². The van der Waals surface area contributed by atoms with Crippen molar-refractivity contribution in [2.45, 2.75) is 6.42 Å². The predicted molar refractivity (Wildman–Crippen MR) is 69.0 cm³/mol. The van der Waals surface area contributed by atoms with Gasteiger partial charge < -0.3 is 29.4 Å². The van der Waals surface area contributed by atoms with Gasteiger partial charge in [-0.2, -0.15) is 0 Å². The van der Waals surface area contributed by atoms with E-state index in [0.717, 1.165) is 0 Å². The Morgan fingerprint density at radius 2 is 1.37 bits per heavy atom. The predicted octanol–water partition coefficient (Wildman–Crippen LogP) is -0.819. The highest BCUT2D eigenvalue weighted by Gasteiger charge is 1.96. The Balaban J connectivity index is 2.97. The molecule has 0 aliphatic rings. The van der Waals surface area contributed by atoms with Gasteiger partial charge in [0.05, 0.1) is 39.6 Å². The van der Waals surface area contributed by atoms with Gasteiger partial charge in [0.25, 0.3) is 0 Å². The SMILES string of the molecule is CNC(=O)COCCOCCOCCOCCCO. The monoisotopic (exact) mass is 279 g/mol. The molecule has 0 heterocycles. The highest BCUT2D eigenvalue weighted by Crippen LogP contribution is 1.84. The number of carbonyl (C=O) groups excluding carboxylic acids is 1. The third-order valence-electron chi connectivity index (χ3n) is 2.07. The molecule has 0 rings (SSSR count). The van der Waals surface area contributed by atoms with E-state index >= 15 is 0 Å². The highest BCUT2D eigenvalue weighted by atomic mass is 16.6. The van der Waals surface area contributed by atoms with Crippen molar-refractivity contribution in [1.82, 2.24) is 5.32 Å². The molecule has 0 saturated carbocycles. The summed E-state index contributed by atoms with van der Waals surface area (Å²) >= 11 is 0. The summed E-state index contributed by atoms with van der Waals surface area (Å²) in [4.78, 5) is 10.8. The molecule has 0 radical (unpaired) electrons. The van der Waals surface area contributed by atoms with Gasteiger partial charge >= 0.3 is 0 Å². The molecule has 0 saturated heterocycles. The summed E-state index contributed by atoms with van der Waals surface area (Å²) in [5.74, 6) is -0.149. The number of rotatable bonds is 14. The van der Waals surface area contributed by atoms with Crippen molar-refractivity contribution < 1.29 is 28.8 Å². The van der Waals surface area contributed by atoms with Crippen LogP contribution in [0, 0.1) is 0 Å². The van der Waals surface area contributed by atoms with Gasteiger partial charge in [0.15, 0.2) is 0 Å². The molecule has 0 unspecified atom stereocenters. The lowest BCUT2D eigenvalue weighted by Gasteiger charge is -2.07. The minimum Gasteiger partial charge on any atom is -0.396 e. The number of hydrogen-bond acceptors (Lipinski definition) is 6. The third kappa shape index (κ3) is 15.2. The average Bonchev–Trinajstić information content (AvgIpc) is 2.43. The van der Waals surface area contributed by atoms with Crippen LogP contribution in [0.5, 0.6) is 0 Å². The number of carbonyl (C=O) groups is 1. The topological polar surface area (TPSA) is 86.3 Å². The molecule has 0 bridgehead atoms. The summed E-state index contributed by atoms with van der Waals surface area (Å²) in [5.41, 5.74) is 0. The first-order valence-electron chi connectivity index (χ1n) is 6.43. The Morgan fingerprint density at radius 1 is 0.895 bits per heavy atom. The Hall–Kier alpha value is -0.730. The molecule has 0 fully saturated rings. The Morgan fingerprint density at radius 3 is 1.84 bits per heavy atom. The number of aliphatic hydroxyl groups excluding tert-OH is 1. The molecule has 19 heavy (non-hydrogen) atoms.